The van der Waals surface area contributed by atoms with Crippen LogP contribution in [0.25, 0.3) is 11.1 Å². The summed E-state index contributed by atoms with van der Waals surface area (Å²) in [6.07, 6.45) is 3.24. The molecular weight excluding hydrogens is 420 g/mol. The van der Waals surface area contributed by atoms with E-state index >= 15 is 0 Å². The summed E-state index contributed by atoms with van der Waals surface area (Å²) in [4.78, 5) is 36.7. The quantitative estimate of drug-likeness (QED) is 0.558. The smallest absolute Gasteiger partial charge is 0.408 e. The van der Waals surface area contributed by atoms with Gasteiger partial charge in [-0.05, 0) is 42.0 Å². The predicted molar refractivity (Wildman–Crippen MR) is 124 cm³/mol. The third kappa shape index (κ3) is 4.49. The highest BCUT2D eigenvalue weighted by molar-refractivity contribution is 5.90. The lowest BCUT2D eigenvalue weighted by Gasteiger charge is -2.29. The van der Waals surface area contributed by atoms with Crippen molar-refractivity contribution in [3.05, 3.63) is 71.8 Å². The highest BCUT2D eigenvalue weighted by atomic mass is 16.5. The largest absolute Gasteiger partial charge is 0.481 e. The molecule has 2 aromatic rings. The molecular formula is C26H28N2O5. The molecule has 33 heavy (non-hydrogen) atoms. The van der Waals surface area contributed by atoms with Gasteiger partial charge in [0.2, 0.25) is 5.91 Å². The molecule has 0 heterocycles. The van der Waals surface area contributed by atoms with Crippen molar-refractivity contribution >= 4 is 18.0 Å². The summed E-state index contributed by atoms with van der Waals surface area (Å²) < 4.78 is 5.58. The third-order valence-corrected chi connectivity index (χ3v) is 6.65. The molecule has 2 aliphatic rings. The van der Waals surface area contributed by atoms with Crippen LogP contribution >= 0.6 is 0 Å². The van der Waals surface area contributed by atoms with E-state index in [0.29, 0.717) is 12.8 Å². The van der Waals surface area contributed by atoms with Gasteiger partial charge in [-0.2, -0.15) is 0 Å². The zero-order chi connectivity index (χ0) is 23.6. The molecule has 0 spiro atoms. The van der Waals surface area contributed by atoms with E-state index < -0.39 is 23.5 Å². The minimum absolute atomic E-state index is 0.0681. The first-order valence-electron chi connectivity index (χ1n) is 11.2. The van der Waals surface area contributed by atoms with Gasteiger partial charge in [0, 0.05) is 12.0 Å². The number of rotatable bonds is 7. The van der Waals surface area contributed by atoms with Gasteiger partial charge in [0.05, 0.1) is 5.92 Å². The molecule has 2 amide bonds. The Bertz CT molecular complexity index is 1070. The number of alkyl carbamates (subject to hydrolysis) is 1. The van der Waals surface area contributed by atoms with E-state index in [4.69, 9.17) is 9.84 Å². The number of ether oxygens (including phenoxy) is 1. The molecule has 3 unspecified atom stereocenters. The van der Waals surface area contributed by atoms with Crippen molar-refractivity contribution < 1.29 is 24.2 Å². The third-order valence-electron chi connectivity index (χ3n) is 6.65. The second-order valence-corrected chi connectivity index (χ2v) is 8.78. The molecule has 0 fully saturated rings. The number of aliphatic carboxylic acids is 1. The number of hydrogen-bond acceptors (Lipinski definition) is 4. The molecule has 0 saturated carbocycles. The summed E-state index contributed by atoms with van der Waals surface area (Å²) in [7, 11) is 0. The number of amides is 2. The molecule has 3 atom stereocenters. The van der Waals surface area contributed by atoms with Crippen molar-refractivity contribution in [2.75, 3.05) is 6.61 Å². The average molecular weight is 449 g/mol. The number of carboxylic acid groups (broad SMARTS) is 1. The fraction of sp³-hybridized carbons (Fsp3) is 0.346. The van der Waals surface area contributed by atoms with E-state index in [9.17, 15) is 14.4 Å². The first kappa shape index (κ1) is 22.6. The number of carbonyl (C=O) groups is 3. The summed E-state index contributed by atoms with van der Waals surface area (Å²) in [5.74, 6) is -1.98. The zero-order valence-electron chi connectivity index (χ0n) is 18.7. The number of carbonyl (C=O) groups excluding carboxylic acids is 2. The Labute approximate surface area is 192 Å². The van der Waals surface area contributed by atoms with Crippen LogP contribution in [0.1, 0.15) is 43.7 Å². The molecule has 7 heteroatoms. The molecule has 2 aliphatic carbocycles. The number of hydrogen-bond donors (Lipinski definition) is 3. The van der Waals surface area contributed by atoms with Crippen LogP contribution in [0.15, 0.2) is 60.7 Å². The van der Waals surface area contributed by atoms with Crippen LogP contribution in [0.2, 0.25) is 0 Å². The van der Waals surface area contributed by atoms with Gasteiger partial charge in [-0.3, -0.25) is 9.59 Å². The van der Waals surface area contributed by atoms with Crippen LogP contribution in [-0.2, 0) is 14.3 Å². The first-order valence-corrected chi connectivity index (χ1v) is 11.2. The van der Waals surface area contributed by atoms with Crippen LogP contribution in [0, 0.1) is 5.92 Å². The number of fused-ring (bicyclic) bond motifs is 3. The van der Waals surface area contributed by atoms with Crippen molar-refractivity contribution in [2.24, 2.45) is 5.92 Å². The fourth-order valence-corrected chi connectivity index (χ4v) is 4.48. The molecule has 4 rings (SSSR count). The number of nitrogens with one attached hydrogen (secondary N) is 2. The second-order valence-electron chi connectivity index (χ2n) is 8.78. The lowest BCUT2D eigenvalue weighted by atomic mass is 9.97. The second kappa shape index (κ2) is 9.10. The normalized spacial score (nSPS) is 20.4. The van der Waals surface area contributed by atoms with E-state index in [1.165, 1.54) is 0 Å². The Morgan fingerprint density at radius 2 is 1.64 bits per heavy atom. The van der Waals surface area contributed by atoms with Gasteiger partial charge < -0.3 is 20.5 Å². The highest BCUT2D eigenvalue weighted by Gasteiger charge is 2.37. The van der Waals surface area contributed by atoms with Gasteiger partial charge in [-0.15, -0.1) is 0 Å². The van der Waals surface area contributed by atoms with Gasteiger partial charge >= 0.3 is 12.1 Å². The standard InChI is InChI=1S/C26H28N2O5/c1-3-26(2,24(31)27-17-13-12-16(14-17)23(29)30)28-25(32)33-15-22-20-10-6-4-8-18(20)19-9-5-7-11-21(19)22/h4-13,16-17,22H,3,14-15H2,1-2H3,(H,27,31)(H,28,32)(H,29,30). The first-order chi connectivity index (χ1) is 15.8. The molecule has 0 radical (unpaired) electrons. The van der Waals surface area contributed by atoms with E-state index in [-0.39, 0.29) is 24.5 Å². The van der Waals surface area contributed by atoms with Crippen LogP contribution in [0.3, 0.4) is 0 Å². The molecule has 172 valence electrons. The molecule has 0 aliphatic heterocycles. The van der Waals surface area contributed by atoms with E-state index in [1.54, 1.807) is 26.0 Å². The van der Waals surface area contributed by atoms with Gasteiger partial charge in [-0.25, -0.2) is 4.79 Å². The molecule has 3 N–H and O–H groups in total. The summed E-state index contributed by atoms with van der Waals surface area (Å²) in [6, 6.07) is 15.8. The van der Waals surface area contributed by atoms with E-state index in [1.807, 2.05) is 36.4 Å². The van der Waals surface area contributed by atoms with Crippen LogP contribution in [0.5, 0.6) is 0 Å². The van der Waals surface area contributed by atoms with Crippen molar-refractivity contribution in [3.8, 4) is 11.1 Å². The van der Waals surface area contributed by atoms with Crippen molar-refractivity contribution in [2.45, 2.75) is 44.2 Å². The topological polar surface area (TPSA) is 105 Å². The minimum atomic E-state index is -1.18. The van der Waals surface area contributed by atoms with Crippen LogP contribution in [0.4, 0.5) is 4.79 Å². The summed E-state index contributed by atoms with van der Waals surface area (Å²) in [5, 5.41) is 14.7. The predicted octanol–water partition coefficient (Wildman–Crippen LogP) is 3.84. The van der Waals surface area contributed by atoms with Crippen molar-refractivity contribution in [1.29, 1.82) is 0 Å². The number of carboxylic acids is 1. The maximum atomic E-state index is 12.9. The van der Waals surface area contributed by atoms with E-state index in [0.717, 1.165) is 22.3 Å². The highest BCUT2D eigenvalue weighted by Crippen LogP contribution is 2.44. The summed E-state index contributed by atoms with van der Waals surface area (Å²) in [5.41, 5.74) is 3.33. The zero-order valence-corrected chi connectivity index (χ0v) is 18.7. The van der Waals surface area contributed by atoms with Crippen molar-refractivity contribution in [1.82, 2.24) is 10.6 Å². The molecule has 0 bridgehead atoms. The maximum Gasteiger partial charge on any atom is 0.408 e. The Balaban J connectivity index is 1.38. The molecule has 7 nitrogen and oxygen atoms in total. The minimum Gasteiger partial charge on any atom is -0.481 e. The monoisotopic (exact) mass is 448 g/mol. The fourth-order valence-electron chi connectivity index (χ4n) is 4.48. The molecule has 0 saturated heterocycles. The maximum absolute atomic E-state index is 12.9. The van der Waals surface area contributed by atoms with Crippen molar-refractivity contribution in [3.63, 3.8) is 0 Å². The van der Waals surface area contributed by atoms with Gasteiger partial charge in [0.1, 0.15) is 12.1 Å². The number of benzene rings is 2. The Kier molecular flexibility index (Phi) is 6.22. The Morgan fingerprint density at radius 1 is 1.03 bits per heavy atom. The van der Waals surface area contributed by atoms with Gasteiger partial charge in [0.15, 0.2) is 0 Å². The summed E-state index contributed by atoms with van der Waals surface area (Å²) >= 11 is 0. The molecule has 0 aromatic heterocycles. The van der Waals surface area contributed by atoms with Crippen LogP contribution in [-0.4, -0.2) is 41.3 Å². The lowest BCUT2D eigenvalue weighted by Crippen LogP contribution is -2.58. The molecule has 2 aromatic carbocycles. The van der Waals surface area contributed by atoms with E-state index in [2.05, 4.69) is 22.8 Å². The Hall–Kier alpha value is -3.61. The van der Waals surface area contributed by atoms with Gasteiger partial charge in [-0.1, -0.05) is 67.6 Å². The van der Waals surface area contributed by atoms with Crippen LogP contribution < -0.4 is 10.6 Å². The average Bonchev–Trinajstić information content (AvgIpc) is 3.40. The SMILES string of the molecule is CCC(C)(NC(=O)OCC1c2ccccc2-c2ccccc21)C(=O)NC1C=CC(C(=O)O)C1. The lowest BCUT2D eigenvalue weighted by molar-refractivity contribution is -0.140. The Morgan fingerprint density at radius 3 is 2.18 bits per heavy atom. The summed E-state index contributed by atoms with van der Waals surface area (Å²) in [6.45, 7) is 3.60. The van der Waals surface area contributed by atoms with Gasteiger partial charge in [0.25, 0.3) is 0 Å².